The van der Waals surface area contributed by atoms with E-state index >= 15 is 0 Å². The Hall–Kier alpha value is -3.02. The number of hydrogen-bond donors (Lipinski definition) is 2. The second-order valence-electron chi connectivity index (χ2n) is 10.8. The molecule has 2 N–H and O–H groups in total. The van der Waals surface area contributed by atoms with Crippen LogP contribution in [-0.2, 0) is 0 Å². The molecule has 1 aliphatic heterocycles. The molecule has 4 amide bonds. The van der Waals surface area contributed by atoms with Crippen LogP contribution in [0.3, 0.4) is 0 Å². The molecule has 192 valence electrons. The van der Waals surface area contributed by atoms with Crippen LogP contribution < -0.4 is 20.4 Å². The number of anilines is 2. The zero-order valence-corrected chi connectivity index (χ0v) is 21.5. The van der Waals surface area contributed by atoms with Crippen molar-refractivity contribution >= 4 is 23.4 Å². The molecule has 2 saturated carbocycles. The molecule has 6 heteroatoms. The van der Waals surface area contributed by atoms with Crippen LogP contribution in [0.1, 0.15) is 89.2 Å². The third-order valence-electron chi connectivity index (χ3n) is 8.21. The number of benzene rings is 2. The number of rotatable bonds is 4. The number of fused-ring (bicyclic) bond motifs is 1. The predicted molar refractivity (Wildman–Crippen MR) is 145 cm³/mol. The number of nitrogens with one attached hydrogen (secondary N) is 2. The van der Waals surface area contributed by atoms with Gasteiger partial charge < -0.3 is 10.6 Å². The molecule has 0 bridgehead atoms. The van der Waals surface area contributed by atoms with Crippen LogP contribution in [0.2, 0.25) is 0 Å². The van der Waals surface area contributed by atoms with Gasteiger partial charge in [0.25, 0.3) is 0 Å². The molecule has 2 aromatic carbocycles. The van der Waals surface area contributed by atoms with Gasteiger partial charge in [-0.2, -0.15) is 0 Å². The van der Waals surface area contributed by atoms with E-state index in [9.17, 15) is 9.59 Å². The Bertz CT molecular complexity index is 1030. The maximum absolute atomic E-state index is 13.8. The quantitative estimate of drug-likeness (QED) is 0.491. The van der Waals surface area contributed by atoms with Crippen molar-refractivity contribution in [2.75, 3.05) is 9.80 Å². The van der Waals surface area contributed by atoms with E-state index in [0.717, 1.165) is 42.6 Å². The normalized spacial score (nSPS) is 23.0. The average Bonchev–Trinajstić information content (AvgIpc) is 2.90. The largest absolute Gasteiger partial charge is 0.335 e. The molecule has 0 aromatic heterocycles. The first-order valence-electron chi connectivity index (χ1n) is 13.9. The summed E-state index contributed by atoms with van der Waals surface area (Å²) in [5.74, 6) is 0. The molecule has 2 fully saturated rings. The Morgan fingerprint density at radius 2 is 1.36 bits per heavy atom. The molecule has 6 nitrogen and oxygen atoms in total. The van der Waals surface area contributed by atoms with Crippen molar-refractivity contribution in [2.45, 2.75) is 102 Å². The molecule has 36 heavy (non-hydrogen) atoms. The lowest BCUT2D eigenvalue weighted by molar-refractivity contribution is 0.232. The minimum Gasteiger partial charge on any atom is -0.335 e. The molecule has 5 rings (SSSR count). The topological polar surface area (TPSA) is 64.7 Å². The average molecular weight is 489 g/mol. The highest BCUT2D eigenvalue weighted by Gasteiger charge is 2.39. The van der Waals surface area contributed by atoms with Crippen LogP contribution in [-0.4, -0.2) is 30.2 Å². The highest BCUT2D eigenvalue weighted by atomic mass is 16.2. The first-order valence-corrected chi connectivity index (χ1v) is 13.9. The molecule has 3 aliphatic rings. The van der Waals surface area contributed by atoms with Gasteiger partial charge in [-0.25, -0.2) is 9.59 Å². The minimum atomic E-state index is -0.152. The fourth-order valence-corrected chi connectivity index (χ4v) is 6.35. The van der Waals surface area contributed by atoms with Crippen molar-refractivity contribution in [3.8, 4) is 0 Å². The van der Waals surface area contributed by atoms with Gasteiger partial charge in [0.1, 0.15) is 0 Å². The first kappa shape index (κ1) is 24.7. The van der Waals surface area contributed by atoms with Crippen LogP contribution in [0.4, 0.5) is 21.0 Å². The Labute approximate surface area is 215 Å². The third-order valence-corrected chi connectivity index (χ3v) is 8.21. The summed E-state index contributed by atoms with van der Waals surface area (Å²) in [7, 11) is 0. The monoisotopic (exact) mass is 488 g/mol. The summed E-state index contributed by atoms with van der Waals surface area (Å²) in [6, 6.07) is 18.3. The third kappa shape index (κ3) is 5.37. The standard InChI is InChI=1S/C30H40N4O2/c1-22-21-28(34(25-17-9-4-10-18-25)30(36)32-24-15-7-3-8-16-24)26-19-11-12-20-27(26)33(22)29(35)31-23-13-5-2-6-14-23/h4,9-12,17-20,22-24,28H,2-3,5-8,13-16,21H2,1H3,(H,31,35)(H,32,36)/t22-,28+/m0/s1. The smallest absolute Gasteiger partial charge is 0.322 e. The minimum absolute atomic E-state index is 0.0155. The molecule has 2 aromatic rings. The van der Waals surface area contributed by atoms with Crippen molar-refractivity contribution in [3.63, 3.8) is 0 Å². The fraction of sp³-hybridized carbons (Fsp3) is 0.533. The Morgan fingerprint density at radius 3 is 2.03 bits per heavy atom. The second kappa shape index (κ2) is 11.4. The van der Waals surface area contributed by atoms with Gasteiger partial charge in [-0.15, -0.1) is 0 Å². The molecule has 0 spiro atoms. The maximum atomic E-state index is 13.8. The number of carbonyl (C=O) groups is 2. The fourth-order valence-electron chi connectivity index (χ4n) is 6.35. The highest BCUT2D eigenvalue weighted by Crippen LogP contribution is 2.42. The van der Waals surface area contributed by atoms with Crippen LogP contribution in [0, 0.1) is 0 Å². The summed E-state index contributed by atoms with van der Waals surface area (Å²) < 4.78 is 0. The number of nitrogens with zero attached hydrogens (tertiary/aromatic N) is 2. The van der Waals surface area contributed by atoms with Gasteiger partial charge in [0, 0.05) is 23.8 Å². The van der Waals surface area contributed by atoms with E-state index in [1.807, 2.05) is 58.3 Å². The molecule has 2 aliphatic carbocycles. The number of hydrogen-bond acceptors (Lipinski definition) is 2. The van der Waals surface area contributed by atoms with E-state index < -0.39 is 0 Å². The van der Waals surface area contributed by atoms with Gasteiger partial charge in [-0.3, -0.25) is 9.80 Å². The maximum Gasteiger partial charge on any atom is 0.322 e. The number of urea groups is 2. The van der Waals surface area contributed by atoms with Gasteiger partial charge in [-0.05, 0) is 62.8 Å². The van der Waals surface area contributed by atoms with Gasteiger partial charge in [0.15, 0.2) is 0 Å². The van der Waals surface area contributed by atoms with Crippen molar-refractivity contribution in [2.24, 2.45) is 0 Å². The lowest BCUT2D eigenvalue weighted by atomic mass is 9.90. The predicted octanol–water partition coefficient (Wildman–Crippen LogP) is 6.92. The van der Waals surface area contributed by atoms with Crippen molar-refractivity contribution in [1.82, 2.24) is 10.6 Å². The second-order valence-corrected chi connectivity index (χ2v) is 10.8. The molecular weight excluding hydrogens is 448 g/mol. The Kier molecular flexibility index (Phi) is 7.78. The summed E-state index contributed by atoms with van der Waals surface area (Å²) in [6.45, 7) is 2.10. The van der Waals surface area contributed by atoms with Crippen LogP contribution in [0.5, 0.6) is 0 Å². The van der Waals surface area contributed by atoms with Crippen molar-refractivity contribution in [1.29, 1.82) is 0 Å². The lowest BCUT2D eigenvalue weighted by Crippen LogP contribution is -2.54. The van der Waals surface area contributed by atoms with Crippen LogP contribution >= 0.6 is 0 Å². The molecule has 0 unspecified atom stereocenters. The van der Waals surface area contributed by atoms with Gasteiger partial charge >= 0.3 is 12.1 Å². The molecule has 2 atom stereocenters. The SMILES string of the molecule is C[C@H]1C[C@@H](N(C(=O)NC2CCCCC2)c2ccccc2)c2ccccc2N1C(=O)NC1CCCCC1. The van der Waals surface area contributed by atoms with Crippen LogP contribution in [0.25, 0.3) is 0 Å². The van der Waals surface area contributed by atoms with Crippen molar-refractivity contribution in [3.05, 3.63) is 60.2 Å². The lowest BCUT2D eigenvalue weighted by Gasteiger charge is -2.44. The highest BCUT2D eigenvalue weighted by molar-refractivity contribution is 5.97. The molecule has 0 radical (unpaired) electrons. The van der Waals surface area contributed by atoms with E-state index in [2.05, 4.69) is 23.6 Å². The molecule has 0 saturated heterocycles. The Morgan fingerprint density at radius 1 is 0.778 bits per heavy atom. The first-order chi connectivity index (χ1) is 17.6. The summed E-state index contributed by atoms with van der Waals surface area (Å²) in [6.07, 6.45) is 12.1. The van der Waals surface area contributed by atoms with E-state index in [-0.39, 0.29) is 36.2 Å². The van der Waals surface area contributed by atoms with E-state index in [1.54, 1.807) is 0 Å². The zero-order valence-electron chi connectivity index (χ0n) is 21.5. The summed E-state index contributed by atoms with van der Waals surface area (Å²) >= 11 is 0. The van der Waals surface area contributed by atoms with Crippen molar-refractivity contribution < 1.29 is 9.59 Å². The number of para-hydroxylation sites is 2. The molecule has 1 heterocycles. The van der Waals surface area contributed by atoms with Gasteiger partial charge in [-0.1, -0.05) is 74.9 Å². The number of carbonyl (C=O) groups excluding carboxylic acids is 2. The van der Waals surface area contributed by atoms with Gasteiger partial charge in [0.05, 0.1) is 11.7 Å². The van der Waals surface area contributed by atoms with E-state index in [0.29, 0.717) is 6.42 Å². The molecular formula is C30H40N4O2. The summed E-state index contributed by atoms with van der Waals surface area (Å²) in [5, 5.41) is 6.65. The number of amides is 4. The Balaban J connectivity index is 1.44. The van der Waals surface area contributed by atoms with E-state index in [4.69, 9.17) is 0 Å². The van der Waals surface area contributed by atoms with Crippen LogP contribution in [0.15, 0.2) is 54.6 Å². The van der Waals surface area contributed by atoms with Gasteiger partial charge in [0.2, 0.25) is 0 Å². The van der Waals surface area contributed by atoms with E-state index in [1.165, 1.54) is 38.5 Å². The summed E-state index contributed by atoms with van der Waals surface area (Å²) in [4.78, 5) is 31.2. The summed E-state index contributed by atoms with van der Waals surface area (Å²) in [5.41, 5.74) is 2.82. The zero-order chi connectivity index (χ0) is 24.9.